The van der Waals surface area contributed by atoms with Gasteiger partial charge in [0.25, 0.3) is 0 Å². The first-order valence-corrected chi connectivity index (χ1v) is 8.48. The van der Waals surface area contributed by atoms with Crippen molar-refractivity contribution in [2.45, 2.75) is 51.3 Å². The minimum absolute atomic E-state index is 0.0812. The van der Waals surface area contributed by atoms with Gasteiger partial charge in [0.15, 0.2) is 9.84 Å². The van der Waals surface area contributed by atoms with E-state index >= 15 is 0 Å². The molecule has 0 radical (unpaired) electrons. The molecule has 1 N–H and O–H groups in total. The summed E-state index contributed by atoms with van der Waals surface area (Å²) in [5.74, 6) is -1.20. The lowest BCUT2D eigenvalue weighted by Crippen LogP contribution is -2.56. The summed E-state index contributed by atoms with van der Waals surface area (Å²) in [6, 6.07) is -0.110. The van der Waals surface area contributed by atoms with Crippen LogP contribution in [0.4, 0.5) is 0 Å². The Bertz CT molecular complexity index is 416. The van der Waals surface area contributed by atoms with Crippen LogP contribution in [-0.2, 0) is 19.4 Å². The van der Waals surface area contributed by atoms with E-state index in [4.69, 9.17) is 0 Å². The summed E-state index contributed by atoms with van der Waals surface area (Å²) in [6.45, 7) is 6.85. The van der Waals surface area contributed by atoms with Gasteiger partial charge in [-0.15, -0.1) is 0 Å². The Morgan fingerprint density at radius 1 is 1.42 bits per heavy atom. The SMILES string of the molecule is CCNC1C(S(=O)(=O)CC(=O)OC)CCCC1(C)C. The maximum absolute atomic E-state index is 12.4. The minimum Gasteiger partial charge on any atom is -0.468 e. The standard InChI is InChI=1S/C13H25NO4S/c1-5-14-12-10(7-6-8-13(12,2)3)19(16,17)9-11(15)18-4/h10,12,14H,5-9H2,1-4H3. The van der Waals surface area contributed by atoms with Gasteiger partial charge in [0.2, 0.25) is 0 Å². The molecule has 19 heavy (non-hydrogen) atoms. The normalized spacial score (nSPS) is 26.9. The number of carbonyl (C=O) groups is 1. The van der Waals surface area contributed by atoms with E-state index in [9.17, 15) is 13.2 Å². The van der Waals surface area contributed by atoms with Gasteiger partial charge in [-0.25, -0.2) is 8.42 Å². The molecule has 0 aromatic carbocycles. The Morgan fingerprint density at radius 3 is 2.58 bits per heavy atom. The average molecular weight is 291 g/mol. The molecule has 0 aromatic rings. The second kappa shape index (κ2) is 6.22. The monoisotopic (exact) mass is 291 g/mol. The molecule has 1 saturated carbocycles. The van der Waals surface area contributed by atoms with E-state index < -0.39 is 26.8 Å². The highest BCUT2D eigenvalue weighted by atomic mass is 32.2. The molecule has 0 aliphatic heterocycles. The van der Waals surface area contributed by atoms with Crippen LogP contribution in [0.25, 0.3) is 0 Å². The zero-order valence-corrected chi connectivity index (χ0v) is 13.0. The number of methoxy groups -OCH3 is 1. The van der Waals surface area contributed by atoms with Gasteiger partial charge in [-0.1, -0.05) is 27.2 Å². The number of nitrogens with one attached hydrogen (secondary N) is 1. The zero-order valence-electron chi connectivity index (χ0n) is 12.2. The predicted molar refractivity (Wildman–Crippen MR) is 74.7 cm³/mol. The molecule has 1 aliphatic rings. The number of hydrogen-bond acceptors (Lipinski definition) is 5. The molecule has 1 rings (SSSR count). The fourth-order valence-corrected chi connectivity index (χ4v) is 4.99. The second-order valence-electron chi connectivity index (χ2n) is 5.84. The Morgan fingerprint density at radius 2 is 2.05 bits per heavy atom. The lowest BCUT2D eigenvalue weighted by Gasteiger charge is -2.44. The smallest absolute Gasteiger partial charge is 0.320 e. The number of rotatable bonds is 5. The van der Waals surface area contributed by atoms with E-state index in [0.29, 0.717) is 6.42 Å². The summed E-state index contributed by atoms with van der Waals surface area (Å²) < 4.78 is 29.3. The molecule has 2 atom stereocenters. The lowest BCUT2D eigenvalue weighted by atomic mass is 9.73. The molecular formula is C13H25NO4S. The van der Waals surface area contributed by atoms with E-state index in [-0.39, 0.29) is 11.5 Å². The third-order valence-corrected chi connectivity index (χ3v) is 6.02. The van der Waals surface area contributed by atoms with Gasteiger partial charge in [0.05, 0.1) is 12.4 Å². The molecule has 0 saturated heterocycles. The van der Waals surface area contributed by atoms with Gasteiger partial charge in [-0.3, -0.25) is 4.79 Å². The highest BCUT2D eigenvalue weighted by Gasteiger charge is 2.45. The van der Waals surface area contributed by atoms with Crippen molar-refractivity contribution < 1.29 is 17.9 Å². The highest BCUT2D eigenvalue weighted by Crippen LogP contribution is 2.38. The quantitative estimate of drug-likeness (QED) is 0.769. The topological polar surface area (TPSA) is 72.5 Å². The second-order valence-corrected chi connectivity index (χ2v) is 8.06. The summed E-state index contributed by atoms with van der Waals surface area (Å²) >= 11 is 0. The van der Waals surface area contributed by atoms with E-state index in [2.05, 4.69) is 23.9 Å². The molecule has 2 unspecified atom stereocenters. The highest BCUT2D eigenvalue weighted by molar-refractivity contribution is 7.92. The predicted octanol–water partition coefficient (Wildman–Crippen LogP) is 1.13. The van der Waals surface area contributed by atoms with E-state index in [1.165, 1.54) is 7.11 Å². The van der Waals surface area contributed by atoms with Crippen molar-refractivity contribution in [3.63, 3.8) is 0 Å². The average Bonchev–Trinajstić information content (AvgIpc) is 2.30. The van der Waals surface area contributed by atoms with Crippen molar-refractivity contribution in [1.82, 2.24) is 5.32 Å². The van der Waals surface area contributed by atoms with Gasteiger partial charge in [-0.2, -0.15) is 0 Å². The molecule has 0 bridgehead atoms. The molecule has 5 nitrogen and oxygen atoms in total. The van der Waals surface area contributed by atoms with Crippen LogP contribution >= 0.6 is 0 Å². The number of carbonyl (C=O) groups excluding carboxylic acids is 1. The molecule has 0 heterocycles. The van der Waals surface area contributed by atoms with Crippen LogP contribution in [-0.4, -0.2) is 45.1 Å². The summed E-state index contributed by atoms with van der Waals surface area (Å²) in [5.41, 5.74) is -0.0812. The van der Waals surface area contributed by atoms with Crippen molar-refractivity contribution in [1.29, 1.82) is 0 Å². The van der Waals surface area contributed by atoms with Crippen LogP contribution < -0.4 is 5.32 Å². The molecule has 1 fully saturated rings. The van der Waals surface area contributed by atoms with Crippen LogP contribution in [0.2, 0.25) is 0 Å². The first kappa shape index (κ1) is 16.4. The van der Waals surface area contributed by atoms with Crippen molar-refractivity contribution >= 4 is 15.8 Å². The third-order valence-electron chi connectivity index (χ3n) is 3.96. The van der Waals surface area contributed by atoms with Crippen molar-refractivity contribution in [3.05, 3.63) is 0 Å². The van der Waals surface area contributed by atoms with Crippen LogP contribution in [0, 0.1) is 5.41 Å². The summed E-state index contributed by atoms with van der Waals surface area (Å²) in [7, 11) is -2.26. The molecular weight excluding hydrogens is 266 g/mol. The largest absolute Gasteiger partial charge is 0.468 e. The molecule has 0 aromatic heterocycles. The van der Waals surface area contributed by atoms with Crippen molar-refractivity contribution in [2.75, 3.05) is 19.4 Å². The van der Waals surface area contributed by atoms with Gasteiger partial charge in [0, 0.05) is 6.04 Å². The van der Waals surface area contributed by atoms with Gasteiger partial charge in [0.1, 0.15) is 5.75 Å². The maximum atomic E-state index is 12.4. The number of ether oxygens (including phenoxy) is 1. The molecule has 112 valence electrons. The Kier molecular flexibility index (Phi) is 5.38. The van der Waals surface area contributed by atoms with Crippen LogP contribution in [0.1, 0.15) is 40.0 Å². The molecule has 1 aliphatic carbocycles. The van der Waals surface area contributed by atoms with Gasteiger partial charge < -0.3 is 10.1 Å². The molecule has 0 amide bonds. The summed E-state index contributed by atoms with van der Waals surface area (Å²) in [5, 5.41) is 2.79. The van der Waals surface area contributed by atoms with E-state index in [0.717, 1.165) is 19.4 Å². The zero-order chi connectivity index (χ0) is 14.7. The lowest BCUT2D eigenvalue weighted by molar-refractivity contribution is -0.137. The fraction of sp³-hybridized carbons (Fsp3) is 0.923. The van der Waals surface area contributed by atoms with Crippen LogP contribution in [0.3, 0.4) is 0 Å². The fourth-order valence-electron chi connectivity index (χ4n) is 2.93. The van der Waals surface area contributed by atoms with Gasteiger partial charge >= 0.3 is 5.97 Å². The minimum atomic E-state index is -3.47. The van der Waals surface area contributed by atoms with Gasteiger partial charge in [-0.05, 0) is 24.8 Å². The maximum Gasteiger partial charge on any atom is 0.320 e. The third kappa shape index (κ3) is 3.92. The first-order valence-electron chi connectivity index (χ1n) is 6.76. The number of hydrogen-bond donors (Lipinski definition) is 1. The summed E-state index contributed by atoms with van der Waals surface area (Å²) in [6.07, 6.45) is 2.48. The number of esters is 1. The Balaban J connectivity index is 2.97. The van der Waals surface area contributed by atoms with Crippen molar-refractivity contribution in [3.8, 4) is 0 Å². The molecule has 0 spiro atoms. The van der Waals surface area contributed by atoms with Crippen LogP contribution in [0.5, 0.6) is 0 Å². The molecule has 6 heteroatoms. The van der Waals surface area contributed by atoms with Crippen molar-refractivity contribution in [2.24, 2.45) is 5.41 Å². The van der Waals surface area contributed by atoms with E-state index in [1.54, 1.807) is 0 Å². The number of sulfone groups is 1. The summed E-state index contributed by atoms with van der Waals surface area (Å²) in [4.78, 5) is 11.3. The Labute approximate surface area is 116 Å². The van der Waals surface area contributed by atoms with E-state index in [1.807, 2.05) is 6.92 Å². The first-order chi connectivity index (χ1) is 8.74. The Hall–Kier alpha value is -0.620. The van der Waals surface area contributed by atoms with Crippen LogP contribution in [0.15, 0.2) is 0 Å².